The summed E-state index contributed by atoms with van der Waals surface area (Å²) in [6, 6.07) is 12.9. The van der Waals surface area contributed by atoms with Gasteiger partial charge in [0.15, 0.2) is 0 Å². The fraction of sp³-hybridized carbons (Fsp3) is 0.440. The minimum atomic E-state index is -5.19. The third-order valence-corrected chi connectivity index (χ3v) is 7.20. The molecule has 1 amide bonds. The molecule has 2 aliphatic heterocycles. The Morgan fingerprint density at radius 2 is 1.72 bits per heavy atom. The van der Waals surface area contributed by atoms with Crippen molar-refractivity contribution in [1.29, 1.82) is 0 Å². The van der Waals surface area contributed by atoms with Crippen molar-refractivity contribution >= 4 is 29.4 Å². The van der Waals surface area contributed by atoms with Gasteiger partial charge < -0.3 is 19.1 Å². The van der Waals surface area contributed by atoms with E-state index in [0.717, 1.165) is 22.9 Å². The molecule has 4 rings (SSSR count). The molecule has 0 aromatic heterocycles. The van der Waals surface area contributed by atoms with E-state index >= 15 is 0 Å². The third-order valence-electron chi connectivity index (χ3n) is 6.96. The monoisotopic (exact) mass is 530 g/mol. The van der Waals surface area contributed by atoms with Gasteiger partial charge in [0.25, 0.3) is 0 Å². The second-order valence-corrected chi connectivity index (χ2v) is 10.00. The lowest BCUT2D eigenvalue weighted by atomic mass is 9.90. The van der Waals surface area contributed by atoms with Crippen LogP contribution in [-0.4, -0.2) is 55.5 Å². The molecule has 0 aliphatic carbocycles. The highest BCUT2D eigenvalue weighted by atomic mass is 35.5. The number of piperidine rings is 1. The van der Waals surface area contributed by atoms with Gasteiger partial charge in [0.1, 0.15) is 11.8 Å². The highest BCUT2D eigenvalue weighted by molar-refractivity contribution is 6.30. The van der Waals surface area contributed by atoms with Gasteiger partial charge in [-0.1, -0.05) is 23.7 Å². The summed E-state index contributed by atoms with van der Waals surface area (Å²) in [5.74, 6) is -3.04. The van der Waals surface area contributed by atoms with Gasteiger partial charge in [-0.3, -0.25) is 5.32 Å². The predicted molar refractivity (Wildman–Crippen MR) is 125 cm³/mol. The molecule has 2 aromatic carbocycles. The number of aliphatic carboxylic acids is 1. The van der Waals surface area contributed by atoms with E-state index in [1.54, 1.807) is 18.2 Å². The fourth-order valence-corrected chi connectivity index (χ4v) is 5.19. The average molecular weight is 531 g/mol. The molecule has 2 saturated heterocycles. The molecule has 0 spiro atoms. The number of hydrogen-bond donors (Lipinski definition) is 1. The highest BCUT2D eigenvalue weighted by Gasteiger charge is 2.48. The molecule has 2 aliphatic rings. The summed E-state index contributed by atoms with van der Waals surface area (Å²) in [6.45, 7) is 0.403. The van der Waals surface area contributed by atoms with Gasteiger partial charge >= 0.3 is 12.3 Å². The van der Waals surface area contributed by atoms with E-state index in [1.807, 2.05) is 12.1 Å². The first-order valence-corrected chi connectivity index (χ1v) is 11.8. The van der Waals surface area contributed by atoms with E-state index in [2.05, 4.69) is 19.4 Å². The molecule has 0 radical (unpaired) electrons. The number of quaternary nitrogens is 1. The molecule has 2 aromatic rings. The minimum absolute atomic E-state index is 0.374. The van der Waals surface area contributed by atoms with Crippen LogP contribution in [0.15, 0.2) is 42.5 Å². The summed E-state index contributed by atoms with van der Waals surface area (Å²) in [5.41, 5.74) is 1.87. The zero-order chi connectivity index (χ0) is 26.7. The van der Waals surface area contributed by atoms with Crippen molar-refractivity contribution in [1.82, 2.24) is 0 Å². The topological polar surface area (TPSA) is 78.5 Å². The molecule has 11 heteroatoms. The van der Waals surface area contributed by atoms with Crippen LogP contribution >= 0.6 is 11.6 Å². The zero-order valence-corrected chi connectivity index (χ0v) is 20.5. The largest absolute Gasteiger partial charge is 0.542 e. The van der Waals surface area contributed by atoms with Crippen LogP contribution < -0.4 is 10.4 Å². The maximum absolute atomic E-state index is 13.8. The Bertz CT molecular complexity index is 1090. The molecule has 2 fully saturated rings. The fourth-order valence-electron chi connectivity index (χ4n) is 5.00. The van der Waals surface area contributed by atoms with Crippen LogP contribution in [0.1, 0.15) is 25.7 Å². The summed E-state index contributed by atoms with van der Waals surface area (Å²) < 4.78 is 52.0. The Labute approximate surface area is 211 Å². The van der Waals surface area contributed by atoms with Crippen molar-refractivity contribution in [3.8, 4) is 11.1 Å². The summed E-state index contributed by atoms with van der Waals surface area (Å²) in [6.07, 6.45) is -1.06. The second kappa shape index (κ2) is 11.0. The minimum Gasteiger partial charge on any atom is -0.542 e. The van der Waals surface area contributed by atoms with Crippen molar-refractivity contribution in [3.63, 3.8) is 0 Å². The number of carbonyl (C=O) groups excluding carboxylic acids is 2. The maximum atomic E-state index is 13.8. The molecule has 2 bridgehead atoms. The number of alkyl halides is 3. The lowest BCUT2D eigenvalue weighted by molar-refractivity contribution is -0.931. The lowest BCUT2D eigenvalue weighted by Gasteiger charge is -2.44. The van der Waals surface area contributed by atoms with Crippen LogP contribution in [0.2, 0.25) is 5.02 Å². The van der Waals surface area contributed by atoms with Crippen LogP contribution in [0.3, 0.4) is 0 Å². The number of benzene rings is 2. The lowest BCUT2D eigenvalue weighted by Crippen LogP contribution is -2.55. The van der Waals surface area contributed by atoms with E-state index in [9.17, 15) is 22.4 Å². The van der Waals surface area contributed by atoms with E-state index in [1.165, 1.54) is 25.0 Å². The summed E-state index contributed by atoms with van der Waals surface area (Å²) in [4.78, 5) is 21.2. The molecule has 1 N–H and O–H groups in total. The Kier molecular flexibility index (Phi) is 8.51. The number of nitrogens with zero attached hydrogens (tertiary/aromatic N) is 1. The molecule has 6 nitrogen and oxygen atoms in total. The van der Waals surface area contributed by atoms with Crippen molar-refractivity contribution in [2.24, 2.45) is 5.92 Å². The van der Waals surface area contributed by atoms with Crippen molar-refractivity contribution in [3.05, 3.63) is 53.3 Å². The number of anilines is 1. The number of halogens is 5. The van der Waals surface area contributed by atoms with E-state index < -0.39 is 24.1 Å². The van der Waals surface area contributed by atoms with Crippen molar-refractivity contribution < 1.29 is 41.5 Å². The van der Waals surface area contributed by atoms with Crippen LogP contribution in [-0.2, 0) is 9.53 Å². The molecule has 0 saturated carbocycles. The molecule has 3 atom stereocenters. The van der Waals surface area contributed by atoms with Gasteiger partial charge in [-0.05, 0) is 35.9 Å². The number of carbonyl (C=O) groups is 2. The normalized spacial score (nSPS) is 22.2. The number of hydrogen-bond acceptors (Lipinski definition) is 4. The van der Waals surface area contributed by atoms with Crippen LogP contribution in [0.5, 0.6) is 0 Å². The van der Waals surface area contributed by atoms with Crippen LogP contribution in [0.4, 0.5) is 28.0 Å². The van der Waals surface area contributed by atoms with Gasteiger partial charge in [0.05, 0.1) is 38.5 Å². The average Bonchev–Trinajstić information content (AvgIpc) is 2.94. The van der Waals surface area contributed by atoms with Crippen LogP contribution in [0.25, 0.3) is 11.1 Å². The maximum Gasteiger partial charge on any atom is 0.430 e. The Morgan fingerprint density at radius 3 is 2.28 bits per heavy atom. The molecular weight excluding hydrogens is 504 g/mol. The Morgan fingerprint density at radius 1 is 1.11 bits per heavy atom. The number of carboxylic acids is 1. The van der Waals surface area contributed by atoms with E-state index in [4.69, 9.17) is 26.2 Å². The van der Waals surface area contributed by atoms with Crippen molar-refractivity contribution in [2.45, 2.75) is 43.9 Å². The molecule has 0 unspecified atom stereocenters. The molecular formula is C25H27ClF4N2O4. The molecule has 2 heterocycles. The van der Waals surface area contributed by atoms with Gasteiger partial charge in [0, 0.05) is 42.2 Å². The quantitative estimate of drug-likeness (QED) is 0.445. The zero-order valence-electron chi connectivity index (χ0n) is 19.8. The first-order valence-electron chi connectivity index (χ1n) is 11.4. The van der Waals surface area contributed by atoms with Crippen LogP contribution in [0, 0.1) is 11.7 Å². The number of nitrogens with one attached hydrogen (secondary N) is 1. The second-order valence-electron chi connectivity index (χ2n) is 9.56. The third kappa shape index (κ3) is 6.88. The predicted octanol–water partition coefficient (Wildman–Crippen LogP) is 5.01. The molecule has 196 valence electrons. The SMILES string of the molecule is C[N+]1(C)[C@@H]2CC[C@H]1C[C@@H](COC(=O)Nc1cc(F)ccc1-c1cccc(Cl)c1)C2.O=C([O-])C(F)(F)F. The van der Waals surface area contributed by atoms with E-state index in [-0.39, 0.29) is 0 Å². The van der Waals surface area contributed by atoms with Gasteiger partial charge in [-0.15, -0.1) is 0 Å². The summed E-state index contributed by atoms with van der Waals surface area (Å²) in [5, 5.41) is 12.1. The summed E-state index contributed by atoms with van der Waals surface area (Å²) in [7, 11) is 4.63. The Balaban J connectivity index is 0.000000454. The van der Waals surface area contributed by atoms with Gasteiger partial charge in [-0.2, -0.15) is 13.2 Å². The highest BCUT2D eigenvalue weighted by Crippen LogP contribution is 2.42. The molecule has 36 heavy (non-hydrogen) atoms. The Hall–Kier alpha value is -2.85. The standard InChI is InChI=1S/C23H26ClFN2O2.C2HF3O2/c1-27(2)19-7-8-20(27)11-15(10-19)14-29-23(28)26-22-13-18(25)6-9-21(22)16-4-3-5-17(24)12-16;3-2(4,5)1(6)7/h3-6,9,12-13,15,19-20H,7-8,10-11,14H2,1-2H3;(H,6,7)/t15-,19+,20-;. The number of amides is 1. The smallest absolute Gasteiger partial charge is 0.430 e. The van der Waals surface area contributed by atoms with Gasteiger partial charge in [0.2, 0.25) is 0 Å². The van der Waals surface area contributed by atoms with E-state index in [0.29, 0.717) is 40.9 Å². The summed E-state index contributed by atoms with van der Waals surface area (Å²) >= 11 is 6.08. The number of carboxylic acid groups (broad SMARTS) is 1. The first-order chi connectivity index (χ1) is 16.8. The number of ether oxygens (including phenoxy) is 1. The van der Waals surface area contributed by atoms with Gasteiger partial charge in [-0.25, -0.2) is 9.18 Å². The number of fused-ring (bicyclic) bond motifs is 2. The number of rotatable bonds is 4. The van der Waals surface area contributed by atoms with Crippen molar-refractivity contribution in [2.75, 3.05) is 26.0 Å². The first kappa shape index (κ1) is 27.7.